The van der Waals surface area contributed by atoms with Crippen LogP contribution in [-0.2, 0) is 13.2 Å². The Morgan fingerprint density at radius 3 is 2.74 bits per heavy atom. The lowest BCUT2D eigenvalue weighted by molar-refractivity contribution is 0.280. The molecule has 5 heteroatoms. The van der Waals surface area contributed by atoms with Crippen molar-refractivity contribution in [1.29, 1.82) is 0 Å². The molecule has 2 aromatic rings. The van der Waals surface area contributed by atoms with Gasteiger partial charge in [0.05, 0.1) is 19.4 Å². The number of nitrogens with two attached hydrogens (primary N) is 1. The first kappa shape index (κ1) is 13.3. The van der Waals surface area contributed by atoms with Crippen molar-refractivity contribution in [2.45, 2.75) is 13.2 Å². The minimum atomic E-state index is -0.0441. The number of hydrogen-bond acceptors (Lipinski definition) is 5. The summed E-state index contributed by atoms with van der Waals surface area (Å²) < 4.78 is 11.0. The molecule has 100 valence electrons. The Labute approximate surface area is 111 Å². The highest BCUT2D eigenvalue weighted by atomic mass is 16.5. The number of nitrogens with zero attached hydrogens (tertiary/aromatic N) is 1. The Bertz CT molecular complexity index is 558. The van der Waals surface area contributed by atoms with E-state index in [4.69, 9.17) is 20.3 Å². The number of pyridine rings is 1. The first-order valence-corrected chi connectivity index (χ1v) is 5.88. The minimum absolute atomic E-state index is 0.0441. The van der Waals surface area contributed by atoms with Gasteiger partial charge in [-0.05, 0) is 29.8 Å². The molecule has 19 heavy (non-hydrogen) atoms. The number of ether oxygens (including phenoxy) is 2. The third kappa shape index (κ3) is 3.01. The third-order valence-electron chi connectivity index (χ3n) is 2.67. The van der Waals surface area contributed by atoms with E-state index in [1.165, 1.54) is 0 Å². The van der Waals surface area contributed by atoms with E-state index < -0.39 is 0 Å². The molecule has 1 aromatic carbocycles. The fraction of sp³-hybridized carbons (Fsp3) is 0.214. The van der Waals surface area contributed by atoms with E-state index in [0.717, 1.165) is 5.56 Å². The van der Waals surface area contributed by atoms with Crippen LogP contribution in [0.15, 0.2) is 36.5 Å². The number of rotatable bonds is 5. The molecule has 5 nitrogen and oxygen atoms in total. The first-order chi connectivity index (χ1) is 9.28. The molecule has 3 N–H and O–H groups in total. The summed E-state index contributed by atoms with van der Waals surface area (Å²) in [5.41, 5.74) is 7.05. The second kappa shape index (κ2) is 6.17. The fourth-order valence-electron chi connectivity index (χ4n) is 1.68. The van der Waals surface area contributed by atoms with E-state index in [0.29, 0.717) is 29.5 Å². The number of methoxy groups -OCH3 is 1. The van der Waals surface area contributed by atoms with Gasteiger partial charge in [-0.25, -0.2) is 0 Å². The van der Waals surface area contributed by atoms with Crippen molar-refractivity contribution < 1.29 is 14.6 Å². The Hall–Kier alpha value is -2.11. The van der Waals surface area contributed by atoms with Crippen LogP contribution in [0.5, 0.6) is 17.2 Å². The summed E-state index contributed by atoms with van der Waals surface area (Å²) in [5.74, 6) is 1.71. The summed E-state index contributed by atoms with van der Waals surface area (Å²) in [5, 5.41) is 9.10. The molecule has 1 aromatic heterocycles. The Kier molecular flexibility index (Phi) is 4.33. The minimum Gasteiger partial charge on any atom is -0.493 e. The molecular weight excluding hydrogens is 244 g/mol. The van der Waals surface area contributed by atoms with E-state index >= 15 is 0 Å². The number of aliphatic hydroxyl groups is 1. The van der Waals surface area contributed by atoms with Crippen molar-refractivity contribution in [3.8, 4) is 17.2 Å². The largest absolute Gasteiger partial charge is 0.493 e. The molecular formula is C14H16N2O3. The Morgan fingerprint density at radius 1 is 1.21 bits per heavy atom. The summed E-state index contributed by atoms with van der Waals surface area (Å²) in [7, 11) is 1.55. The maximum atomic E-state index is 9.10. The van der Waals surface area contributed by atoms with Crippen LogP contribution in [-0.4, -0.2) is 17.2 Å². The summed E-state index contributed by atoms with van der Waals surface area (Å²) >= 11 is 0. The van der Waals surface area contributed by atoms with Gasteiger partial charge in [0.25, 0.3) is 0 Å². The monoisotopic (exact) mass is 260 g/mol. The first-order valence-electron chi connectivity index (χ1n) is 5.88. The van der Waals surface area contributed by atoms with Crippen LogP contribution in [0.1, 0.15) is 11.3 Å². The van der Waals surface area contributed by atoms with Gasteiger partial charge in [0.15, 0.2) is 11.5 Å². The lowest BCUT2D eigenvalue weighted by Crippen LogP contribution is -2.02. The molecule has 0 aliphatic rings. The summed E-state index contributed by atoms with van der Waals surface area (Å²) in [4.78, 5) is 4.15. The summed E-state index contributed by atoms with van der Waals surface area (Å²) in [6.45, 7) is 0.255. The number of aliphatic hydroxyl groups excluding tert-OH is 1. The zero-order chi connectivity index (χ0) is 13.7. The highest BCUT2D eigenvalue weighted by molar-refractivity contribution is 5.46. The Morgan fingerprint density at radius 2 is 2.05 bits per heavy atom. The molecule has 0 aliphatic heterocycles. The van der Waals surface area contributed by atoms with Crippen molar-refractivity contribution >= 4 is 0 Å². The Balaban J connectivity index is 2.32. The van der Waals surface area contributed by atoms with E-state index in [1.807, 2.05) is 0 Å². The van der Waals surface area contributed by atoms with Gasteiger partial charge in [-0.15, -0.1) is 0 Å². The summed E-state index contributed by atoms with van der Waals surface area (Å²) in [6, 6.07) is 8.83. The maximum Gasteiger partial charge on any atom is 0.169 e. The average Bonchev–Trinajstić information content (AvgIpc) is 2.48. The van der Waals surface area contributed by atoms with Gasteiger partial charge in [0.1, 0.15) is 5.75 Å². The van der Waals surface area contributed by atoms with Gasteiger partial charge in [0.2, 0.25) is 0 Å². The predicted molar refractivity (Wildman–Crippen MR) is 71.1 cm³/mol. The van der Waals surface area contributed by atoms with Crippen LogP contribution in [0.25, 0.3) is 0 Å². The highest BCUT2D eigenvalue weighted by Crippen LogP contribution is 2.33. The number of aromatic nitrogens is 1. The van der Waals surface area contributed by atoms with Crippen LogP contribution in [0, 0.1) is 0 Å². The van der Waals surface area contributed by atoms with E-state index in [1.54, 1.807) is 43.6 Å². The zero-order valence-corrected chi connectivity index (χ0v) is 10.7. The van der Waals surface area contributed by atoms with Crippen LogP contribution in [0.4, 0.5) is 0 Å². The molecule has 2 rings (SSSR count). The van der Waals surface area contributed by atoms with Gasteiger partial charge in [0, 0.05) is 12.7 Å². The van der Waals surface area contributed by atoms with E-state index in [-0.39, 0.29) is 6.61 Å². The topological polar surface area (TPSA) is 77.6 Å². The molecule has 0 fully saturated rings. The molecule has 0 bridgehead atoms. The normalized spacial score (nSPS) is 10.3. The number of hydrogen-bond donors (Lipinski definition) is 2. The van der Waals surface area contributed by atoms with Crippen molar-refractivity contribution in [2.24, 2.45) is 5.73 Å². The van der Waals surface area contributed by atoms with Crippen molar-refractivity contribution in [3.63, 3.8) is 0 Å². The molecule has 0 unspecified atom stereocenters. The zero-order valence-electron chi connectivity index (χ0n) is 10.7. The SMILES string of the molecule is COc1cc(CO)ccc1Oc1cccnc1CN. The molecule has 0 saturated heterocycles. The van der Waals surface area contributed by atoms with Crippen molar-refractivity contribution in [2.75, 3.05) is 7.11 Å². The fourth-order valence-corrected chi connectivity index (χ4v) is 1.68. The maximum absolute atomic E-state index is 9.10. The molecule has 0 atom stereocenters. The van der Waals surface area contributed by atoms with Crippen LogP contribution >= 0.6 is 0 Å². The predicted octanol–water partition coefficient (Wildman–Crippen LogP) is 1.83. The molecule has 0 spiro atoms. The standard InChI is InChI=1S/C14H16N2O3/c1-18-14-7-10(9-17)4-5-13(14)19-12-3-2-6-16-11(12)8-15/h2-7,17H,8-9,15H2,1H3. The molecule has 0 aliphatic carbocycles. The number of benzene rings is 1. The lowest BCUT2D eigenvalue weighted by atomic mass is 10.2. The van der Waals surface area contributed by atoms with E-state index in [2.05, 4.69) is 4.98 Å². The lowest BCUT2D eigenvalue weighted by Gasteiger charge is -2.13. The van der Waals surface area contributed by atoms with Crippen LogP contribution in [0.2, 0.25) is 0 Å². The molecule has 1 heterocycles. The summed E-state index contributed by atoms with van der Waals surface area (Å²) in [6.07, 6.45) is 1.67. The third-order valence-corrected chi connectivity index (χ3v) is 2.67. The average molecular weight is 260 g/mol. The van der Waals surface area contributed by atoms with E-state index in [9.17, 15) is 0 Å². The van der Waals surface area contributed by atoms with Crippen molar-refractivity contribution in [3.05, 3.63) is 47.8 Å². The van der Waals surface area contributed by atoms with Crippen LogP contribution < -0.4 is 15.2 Å². The van der Waals surface area contributed by atoms with Gasteiger partial charge >= 0.3 is 0 Å². The van der Waals surface area contributed by atoms with Gasteiger partial charge in [-0.3, -0.25) is 4.98 Å². The van der Waals surface area contributed by atoms with Gasteiger partial charge < -0.3 is 20.3 Å². The quantitative estimate of drug-likeness (QED) is 0.857. The van der Waals surface area contributed by atoms with Gasteiger partial charge in [-0.1, -0.05) is 6.07 Å². The highest BCUT2D eigenvalue weighted by Gasteiger charge is 2.09. The molecule has 0 saturated carbocycles. The van der Waals surface area contributed by atoms with Crippen molar-refractivity contribution in [1.82, 2.24) is 4.98 Å². The molecule has 0 radical (unpaired) electrons. The van der Waals surface area contributed by atoms with Crippen LogP contribution in [0.3, 0.4) is 0 Å². The second-order valence-electron chi connectivity index (χ2n) is 3.90. The van der Waals surface area contributed by atoms with Gasteiger partial charge in [-0.2, -0.15) is 0 Å². The second-order valence-corrected chi connectivity index (χ2v) is 3.90. The smallest absolute Gasteiger partial charge is 0.169 e. The molecule has 0 amide bonds.